The van der Waals surface area contributed by atoms with Gasteiger partial charge in [0.05, 0.1) is 0 Å². The second-order valence-electron chi connectivity index (χ2n) is 6.95. The minimum absolute atomic E-state index is 0.817. The van der Waals surface area contributed by atoms with Crippen molar-refractivity contribution in [2.24, 2.45) is 17.8 Å². The molecule has 20 heavy (non-hydrogen) atoms. The standard InChI is InChI=1S/C17H29N3/c1-3-20-9-8-18-17(20)11-15-10-13(2)4-5-14(15)12-19-16-6-7-16/h8-9,13-16,19H,3-7,10-12H2,1-2H3. The van der Waals surface area contributed by atoms with Crippen LogP contribution < -0.4 is 5.32 Å². The van der Waals surface area contributed by atoms with Crippen LogP contribution in [0.4, 0.5) is 0 Å². The van der Waals surface area contributed by atoms with Crippen molar-refractivity contribution < 1.29 is 0 Å². The largest absolute Gasteiger partial charge is 0.335 e. The third-order valence-corrected chi connectivity index (χ3v) is 5.24. The summed E-state index contributed by atoms with van der Waals surface area (Å²) < 4.78 is 2.31. The molecule has 3 nitrogen and oxygen atoms in total. The maximum atomic E-state index is 4.59. The Kier molecular flexibility index (Phi) is 4.45. The van der Waals surface area contributed by atoms with Crippen LogP contribution in [0.3, 0.4) is 0 Å². The lowest BCUT2D eigenvalue weighted by Gasteiger charge is -2.35. The van der Waals surface area contributed by atoms with Gasteiger partial charge in [-0.15, -0.1) is 0 Å². The minimum atomic E-state index is 0.817. The molecule has 3 unspecified atom stereocenters. The second-order valence-corrected chi connectivity index (χ2v) is 6.95. The smallest absolute Gasteiger partial charge is 0.108 e. The summed E-state index contributed by atoms with van der Waals surface area (Å²) in [6, 6.07) is 0.840. The van der Waals surface area contributed by atoms with Crippen LogP contribution in [0, 0.1) is 17.8 Å². The summed E-state index contributed by atoms with van der Waals surface area (Å²) >= 11 is 0. The number of nitrogens with zero attached hydrogens (tertiary/aromatic N) is 2. The fourth-order valence-electron chi connectivity index (χ4n) is 3.74. The average Bonchev–Trinajstić information content (AvgIpc) is 3.16. The monoisotopic (exact) mass is 275 g/mol. The van der Waals surface area contributed by atoms with Crippen LogP contribution in [-0.4, -0.2) is 22.1 Å². The molecule has 3 rings (SSSR count). The summed E-state index contributed by atoms with van der Waals surface area (Å²) in [5, 5.41) is 3.75. The molecule has 3 heteroatoms. The number of hydrogen-bond donors (Lipinski definition) is 1. The van der Waals surface area contributed by atoms with Gasteiger partial charge in [-0.2, -0.15) is 0 Å². The van der Waals surface area contributed by atoms with Gasteiger partial charge in [-0.3, -0.25) is 0 Å². The molecule has 1 aromatic rings. The quantitative estimate of drug-likeness (QED) is 0.863. The van der Waals surface area contributed by atoms with Crippen LogP contribution in [-0.2, 0) is 13.0 Å². The first-order valence-electron chi connectivity index (χ1n) is 8.49. The van der Waals surface area contributed by atoms with Crippen molar-refractivity contribution in [1.82, 2.24) is 14.9 Å². The molecule has 0 saturated heterocycles. The van der Waals surface area contributed by atoms with Crippen molar-refractivity contribution in [3.8, 4) is 0 Å². The van der Waals surface area contributed by atoms with Gasteiger partial charge in [0.2, 0.25) is 0 Å². The van der Waals surface area contributed by atoms with Crippen LogP contribution in [0.1, 0.15) is 51.8 Å². The Morgan fingerprint density at radius 1 is 1.25 bits per heavy atom. The molecule has 1 aromatic heterocycles. The zero-order chi connectivity index (χ0) is 13.9. The molecule has 0 radical (unpaired) electrons. The summed E-state index contributed by atoms with van der Waals surface area (Å²) in [7, 11) is 0. The maximum absolute atomic E-state index is 4.59. The Bertz CT molecular complexity index is 422. The van der Waals surface area contributed by atoms with Gasteiger partial charge in [0.15, 0.2) is 0 Å². The molecule has 1 heterocycles. The molecule has 112 valence electrons. The molecule has 0 bridgehead atoms. The zero-order valence-electron chi connectivity index (χ0n) is 13.0. The number of nitrogens with one attached hydrogen (secondary N) is 1. The SMILES string of the molecule is CCn1ccnc1CC1CC(C)CCC1CNC1CC1. The summed E-state index contributed by atoms with van der Waals surface area (Å²) in [4.78, 5) is 4.59. The lowest BCUT2D eigenvalue weighted by atomic mass is 9.73. The van der Waals surface area contributed by atoms with Gasteiger partial charge >= 0.3 is 0 Å². The summed E-state index contributed by atoms with van der Waals surface area (Å²) in [6.45, 7) is 6.90. The van der Waals surface area contributed by atoms with E-state index in [2.05, 4.69) is 34.9 Å². The van der Waals surface area contributed by atoms with Crippen LogP contribution >= 0.6 is 0 Å². The second kappa shape index (κ2) is 6.30. The Morgan fingerprint density at radius 3 is 2.85 bits per heavy atom. The maximum Gasteiger partial charge on any atom is 0.108 e. The summed E-state index contributed by atoms with van der Waals surface area (Å²) in [5.74, 6) is 3.86. The normalized spacial score (nSPS) is 30.6. The van der Waals surface area contributed by atoms with Crippen molar-refractivity contribution in [3.63, 3.8) is 0 Å². The number of hydrogen-bond acceptors (Lipinski definition) is 2. The van der Waals surface area contributed by atoms with E-state index in [1.54, 1.807) is 0 Å². The van der Waals surface area contributed by atoms with E-state index in [1.165, 1.54) is 50.9 Å². The molecule has 2 fully saturated rings. The van der Waals surface area contributed by atoms with Gasteiger partial charge in [0.1, 0.15) is 5.82 Å². The molecule has 2 saturated carbocycles. The first-order chi connectivity index (χ1) is 9.76. The number of aryl methyl sites for hydroxylation is 1. The van der Waals surface area contributed by atoms with E-state index in [0.717, 1.165) is 30.3 Å². The molecule has 3 atom stereocenters. The predicted octanol–water partition coefficient (Wildman–Crippen LogP) is 3.25. The summed E-state index contributed by atoms with van der Waals surface area (Å²) in [6.07, 6.45) is 12.2. The van der Waals surface area contributed by atoms with E-state index in [4.69, 9.17) is 0 Å². The lowest BCUT2D eigenvalue weighted by molar-refractivity contribution is 0.180. The first-order valence-corrected chi connectivity index (χ1v) is 8.49. The highest BCUT2D eigenvalue weighted by atomic mass is 15.1. The highest BCUT2D eigenvalue weighted by Gasteiger charge is 2.31. The lowest BCUT2D eigenvalue weighted by Crippen LogP contribution is -2.35. The van der Waals surface area contributed by atoms with E-state index in [9.17, 15) is 0 Å². The Labute approximate surface area is 123 Å². The molecule has 2 aliphatic rings. The molecule has 0 aromatic carbocycles. The van der Waals surface area contributed by atoms with Crippen LogP contribution in [0.15, 0.2) is 12.4 Å². The van der Waals surface area contributed by atoms with Crippen LogP contribution in [0.25, 0.3) is 0 Å². The van der Waals surface area contributed by atoms with Gasteiger partial charge in [0.25, 0.3) is 0 Å². The molecule has 0 amide bonds. The third-order valence-electron chi connectivity index (χ3n) is 5.24. The molecule has 2 aliphatic carbocycles. The molecule has 1 N–H and O–H groups in total. The van der Waals surface area contributed by atoms with E-state index in [0.29, 0.717) is 0 Å². The molecule has 0 aliphatic heterocycles. The summed E-state index contributed by atoms with van der Waals surface area (Å²) in [5.41, 5.74) is 0. The Balaban J connectivity index is 1.62. The zero-order valence-corrected chi connectivity index (χ0v) is 13.0. The van der Waals surface area contributed by atoms with Crippen LogP contribution in [0.5, 0.6) is 0 Å². The van der Waals surface area contributed by atoms with Crippen molar-refractivity contribution in [2.75, 3.05) is 6.54 Å². The Hall–Kier alpha value is -0.830. The topological polar surface area (TPSA) is 29.9 Å². The van der Waals surface area contributed by atoms with Crippen molar-refractivity contribution >= 4 is 0 Å². The molecular weight excluding hydrogens is 246 g/mol. The van der Waals surface area contributed by atoms with Gasteiger partial charge in [0, 0.05) is 31.4 Å². The fraction of sp³-hybridized carbons (Fsp3) is 0.824. The van der Waals surface area contributed by atoms with Gasteiger partial charge < -0.3 is 9.88 Å². The van der Waals surface area contributed by atoms with Crippen molar-refractivity contribution in [1.29, 1.82) is 0 Å². The number of imidazole rings is 1. The van der Waals surface area contributed by atoms with Crippen LogP contribution in [0.2, 0.25) is 0 Å². The van der Waals surface area contributed by atoms with E-state index >= 15 is 0 Å². The van der Waals surface area contributed by atoms with E-state index in [-0.39, 0.29) is 0 Å². The first kappa shape index (κ1) is 14.1. The van der Waals surface area contributed by atoms with Crippen molar-refractivity contribution in [2.45, 2.75) is 65.0 Å². The Morgan fingerprint density at radius 2 is 2.10 bits per heavy atom. The van der Waals surface area contributed by atoms with E-state index in [1.807, 2.05) is 6.20 Å². The highest BCUT2D eigenvalue weighted by molar-refractivity contribution is 4.97. The molecule has 0 spiro atoms. The fourth-order valence-corrected chi connectivity index (χ4v) is 3.74. The third kappa shape index (κ3) is 3.43. The van der Waals surface area contributed by atoms with Gasteiger partial charge in [-0.05, 0) is 56.9 Å². The highest BCUT2D eigenvalue weighted by Crippen LogP contribution is 2.36. The number of aromatic nitrogens is 2. The molecular formula is C17H29N3. The van der Waals surface area contributed by atoms with Gasteiger partial charge in [-0.25, -0.2) is 4.98 Å². The van der Waals surface area contributed by atoms with Crippen molar-refractivity contribution in [3.05, 3.63) is 18.2 Å². The minimum Gasteiger partial charge on any atom is -0.335 e. The average molecular weight is 275 g/mol. The van der Waals surface area contributed by atoms with E-state index < -0.39 is 0 Å². The predicted molar refractivity (Wildman–Crippen MR) is 82.6 cm³/mol. The number of rotatable bonds is 6. The van der Waals surface area contributed by atoms with Gasteiger partial charge in [-0.1, -0.05) is 13.3 Å².